The first kappa shape index (κ1) is 23.1. The summed E-state index contributed by atoms with van der Waals surface area (Å²) < 4.78 is -0.0837. The Morgan fingerprint density at radius 1 is 1.45 bits per heavy atom. The molecule has 1 saturated heterocycles. The van der Waals surface area contributed by atoms with Crippen molar-refractivity contribution in [2.75, 3.05) is 5.73 Å². The SMILES string of the molecule is CC(SC1=C(C(=O)O)N2C(=O)[C@@H](NC(=O)/C(=N\O)c3csc(N)n3)[C@H]2CC1)Sc1ncn[nH]1. The van der Waals surface area contributed by atoms with Crippen LogP contribution in [0.3, 0.4) is 0 Å². The van der Waals surface area contributed by atoms with Gasteiger partial charge in [0.25, 0.3) is 11.8 Å². The molecule has 2 amide bonds. The number of thiazole rings is 1. The molecular weight excluding hydrogens is 492 g/mol. The molecule has 1 unspecified atom stereocenters. The number of carbonyl (C=O) groups is 3. The van der Waals surface area contributed by atoms with E-state index in [1.807, 2.05) is 6.92 Å². The third-order valence-corrected chi connectivity index (χ3v) is 7.96. The molecule has 6 N–H and O–H groups in total. The van der Waals surface area contributed by atoms with E-state index in [4.69, 9.17) is 5.73 Å². The predicted molar refractivity (Wildman–Crippen MR) is 121 cm³/mol. The zero-order valence-corrected chi connectivity index (χ0v) is 19.4. The Labute approximate surface area is 198 Å². The molecule has 1 fully saturated rings. The molecule has 33 heavy (non-hydrogen) atoms. The summed E-state index contributed by atoms with van der Waals surface area (Å²) in [5.74, 6) is -2.57. The van der Waals surface area contributed by atoms with E-state index in [0.29, 0.717) is 22.9 Å². The quantitative estimate of drug-likeness (QED) is 0.0835. The van der Waals surface area contributed by atoms with Gasteiger partial charge in [0.15, 0.2) is 16.0 Å². The van der Waals surface area contributed by atoms with Crippen LogP contribution in [0.2, 0.25) is 0 Å². The van der Waals surface area contributed by atoms with Crippen molar-refractivity contribution >= 4 is 63.5 Å². The number of thioether (sulfide) groups is 2. The van der Waals surface area contributed by atoms with Crippen molar-refractivity contribution in [1.82, 2.24) is 30.4 Å². The van der Waals surface area contributed by atoms with Crippen molar-refractivity contribution < 1.29 is 24.7 Å². The lowest BCUT2D eigenvalue weighted by Crippen LogP contribution is -2.72. The summed E-state index contributed by atoms with van der Waals surface area (Å²) in [6.45, 7) is 1.90. The number of nitrogens with one attached hydrogen (secondary N) is 2. The Morgan fingerprint density at radius 2 is 2.24 bits per heavy atom. The zero-order valence-electron chi connectivity index (χ0n) is 17.0. The molecule has 2 aromatic rings. The average molecular weight is 511 g/mol. The van der Waals surface area contributed by atoms with Crippen molar-refractivity contribution in [3.05, 3.63) is 28.0 Å². The molecule has 0 radical (unpaired) electrons. The van der Waals surface area contributed by atoms with Crippen LogP contribution in [0, 0.1) is 0 Å². The maximum Gasteiger partial charge on any atom is 0.353 e. The second kappa shape index (κ2) is 9.40. The Bertz CT molecular complexity index is 1150. The number of H-pyrrole nitrogens is 1. The molecule has 0 aromatic carbocycles. The summed E-state index contributed by atoms with van der Waals surface area (Å²) in [4.78, 5) is 47.2. The van der Waals surface area contributed by atoms with Gasteiger partial charge >= 0.3 is 5.97 Å². The smallest absolute Gasteiger partial charge is 0.353 e. The summed E-state index contributed by atoms with van der Waals surface area (Å²) in [6.07, 6.45) is 2.28. The number of anilines is 1. The molecule has 2 aliphatic rings. The highest BCUT2D eigenvalue weighted by molar-refractivity contribution is 8.18. The van der Waals surface area contributed by atoms with E-state index in [9.17, 15) is 24.7 Å². The maximum absolute atomic E-state index is 12.8. The molecule has 2 aromatic heterocycles. The topological polar surface area (TPSA) is 200 Å². The van der Waals surface area contributed by atoms with Crippen molar-refractivity contribution in [1.29, 1.82) is 0 Å². The van der Waals surface area contributed by atoms with Crippen molar-refractivity contribution in [2.45, 2.75) is 41.6 Å². The number of β-lactam (4-membered cyclic amide) rings is 1. The summed E-state index contributed by atoms with van der Waals surface area (Å²) in [5, 5.41) is 33.3. The fourth-order valence-corrected chi connectivity index (χ4v) is 6.42. The van der Waals surface area contributed by atoms with Crippen LogP contribution < -0.4 is 11.1 Å². The second-order valence-corrected chi connectivity index (χ2v) is 10.9. The summed E-state index contributed by atoms with van der Waals surface area (Å²) >= 11 is 3.80. The molecule has 0 saturated carbocycles. The van der Waals surface area contributed by atoms with Crippen molar-refractivity contribution in [3.63, 3.8) is 0 Å². The van der Waals surface area contributed by atoms with E-state index >= 15 is 0 Å². The Kier molecular flexibility index (Phi) is 6.57. The van der Waals surface area contributed by atoms with E-state index in [-0.39, 0.29) is 26.8 Å². The molecule has 4 rings (SSSR count). The van der Waals surface area contributed by atoms with Gasteiger partial charge in [0, 0.05) is 10.3 Å². The minimum absolute atomic E-state index is 0.0767. The second-order valence-electron chi connectivity index (χ2n) is 6.96. The number of amides is 2. The van der Waals surface area contributed by atoms with Crippen LogP contribution in [0.15, 0.2) is 32.6 Å². The van der Waals surface area contributed by atoms with Crippen LogP contribution in [-0.2, 0) is 14.4 Å². The van der Waals surface area contributed by atoms with Crippen LogP contribution in [0.25, 0.3) is 0 Å². The van der Waals surface area contributed by atoms with Crippen molar-refractivity contribution in [3.8, 4) is 0 Å². The van der Waals surface area contributed by atoms with Gasteiger partial charge in [-0.25, -0.2) is 14.8 Å². The van der Waals surface area contributed by atoms with Gasteiger partial charge in [-0.15, -0.1) is 23.1 Å². The molecule has 4 heterocycles. The number of hydrogen-bond acceptors (Lipinski definition) is 12. The van der Waals surface area contributed by atoms with Gasteiger partial charge in [-0.2, -0.15) is 5.10 Å². The molecule has 3 atom stereocenters. The number of fused-ring (bicyclic) bond motifs is 1. The summed E-state index contributed by atoms with van der Waals surface area (Å²) in [7, 11) is 0. The third-order valence-electron chi connectivity index (χ3n) is 4.94. The highest BCUT2D eigenvalue weighted by Gasteiger charge is 2.54. The number of nitrogens with two attached hydrogens (primary N) is 1. The molecular formula is C17H18N8O5S3. The number of carbonyl (C=O) groups excluding carboxylic acids is 2. The normalized spacial score (nSPS) is 21.4. The third kappa shape index (κ3) is 4.53. The Balaban J connectivity index is 1.47. The van der Waals surface area contributed by atoms with E-state index in [1.165, 1.54) is 40.1 Å². The highest BCUT2D eigenvalue weighted by atomic mass is 32.2. The first-order valence-electron chi connectivity index (χ1n) is 9.52. The standard InChI is InChI=1S/C17H18N8O5S3/c1-6(33-17-19-5-20-23-17)32-9-3-2-8-11(14(27)25(8)12(9)15(28)29)22-13(26)10(24-30)7-4-31-16(18)21-7/h4-6,8,11,30H,2-3H2,1H3,(H2,18,21)(H,22,26)(H,28,29)(H,19,20,23)/b24-10-/t6?,8-,11+/m1/s1. The molecule has 2 aliphatic heterocycles. The molecule has 0 spiro atoms. The van der Waals surface area contributed by atoms with Crippen molar-refractivity contribution in [2.24, 2.45) is 5.16 Å². The zero-order chi connectivity index (χ0) is 23.7. The number of aromatic nitrogens is 4. The number of rotatable bonds is 8. The minimum atomic E-state index is -1.22. The molecule has 0 bridgehead atoms. The largest absolute Gasteiger partial charge is 0.477 e. The number of aromatic amines is 1. The fourth-order valence-electron chi connectivity index (χ4n) is 3.59. The van der Waals surface area contributed by atoms with E-state index in [0.717, 1.165) is 11.3 Å². The van der Waals surface area contributed by atoms with Crippen LogP contribution >= 0.6 is 34.9 Å². The summed E-state index contributed by atoms with van der Waals surface area (Å²) in [5.41, 5.74) is 5.17. The minimum Gasteiger partial charge on any atom is -0.477 e. The predicted octanol–water partition coefficient (Wildman–Crippen LogP) is 0.679. The summed E-state index contributed by atoms with van der Waals surface area (Å²) in [6, 6.07) is -1.46. The number of hydrogen-bond donors (Lipinski definition) is 5. The van der Waals surface area contributed by atoms with Gasteiger partial charge in [-0.3, -0.25) is 19.6 Å². The first-order chi connectivity index (χ1) is 15.8. The number of nitrogens with zero attached hydrogens (tertiary/aromatic N) is 5. The van der Waals surface area contributed by atoms with Gasteiger partial charge in [-0.05, 0) is 19.8 Å². The molecule has 0 aliphatic carbocycles. The van der Waals surface area contributed by atoms with Gasteiger partial charge in [-0.1, -0.05) is 16.9 Å². The number of allylic oxidation sites excluding steroid dienone is 1. The monoisotopic (exact) mass is 510 g/mol. The molecule has 13 nitrogen and oxygen atoms in total. The number of carboxylic acid groups (broad SMARTS) is 1. The van der Waals surface area contributed by atoms with Gasteiger partial charge in [0.05, 0.1) is 10.6 Å². The number of carboxylic acids is 1. The number of oxime groups is 1. The Hall–Kier alpha value is -3.11. The van der Waals surface area contributed by atoms with Gasteiger partial charge in [0.2, 0.25) is 0 Å². The van der Waals surface area contributed by atoms with Gasteiger partial charge in [0.1, 0.15) is 23.8 Å². The first-order valence-corrected chi connectivity index (χ1v) is 12.2. The fraction of sp³-hybridized carbons (Fsp3) is 0.353. The van der Waals surface area contributed by atoms with Crippen LogP contribution in [0.1, 0.15) is 25.5 Å². The Morgan fingerprint density at radius 3 is 2.85 bits per heavy atom. The van der Waals surface area contributed by atoms with Crippen LogP contribution in [0.4, 0.5) is 5.13 Å². The van der Waals surface area contributed by atoms with E-state index in [2.05, 4.69) is 30.6 Å². The average Bonchev–Trinajstić information content (AvgIpc) is 3.43. The van der Waals surface area contributed by atoms with Gasteiger partial charge < -0.3 is 21.4 Å². The lowest BCUT2D eigenvalue weighted by molar-refractivity contribution is -0.155. The van der Waals surface area contributed by atoms with E-state index < -0.39 is 29.9 Å². The number of nitrogen functional groups attached to an aromatic ring is 1. The molecule has 174 valence electrons. The van der Waals surface area contributed by atoms with E-state index in [1.54, 1.807) is 0 Å². The lowest BCUT2D eigenvalue weighted by atomic mass is 9.86. The maximum atomic E-state index is 12.8. The van der Waals surface area contributed by atoms with Crippen LogP contribution in [-0.4, -0.2) is 75.5 Å². The lowest BCUT2D eigenvalue weighted by Gasteiger charge is -2.50. The molecule has 16 heteroatoms. The van der Waals surface area contributed by atoms with Crippen LogP contribution in [0.5, 0.6) is 0 Å². The number of aliphatic carboxylic acids is 1. The highest BCUT2D eigenvalue weighted by Crippen LogP contribution is 2.44.